The van der Waals surface area contributed by atoms with Gasteiger partial charge in [0.15, 0.2) is 0 Å². The van der Waals surface area contributed by atoms with Gasteiger partial charge in [-0.2, -0.15) is 15.0 Å². The van der Waals surface area contributed by atoms with E-state index in [4.69, 9.17) is 4.74 Å². The Morgan fingerprint density at radius 1 is 1.24 bits per heavy atom. The molecule has 110 valence electrons. The lowest BCUT2D eigenvalue weighted by molar-refractivity contribution is 0.378. The molecule has 21 heavy (non-hydrogen) atoms. The lowest BCUT2D eigenvalue weighted by atomic mass is 9.97. The Bertz CT molecular complexity index is 623. The molecule has 0 spiro atoms. The van der Waals surface area contributed by atoms with Gasteiger partial charge < -0.3 is 15.0 Å². The molecular formula is C15H19N5O. The number of anilines is 3. The van der Waals surface area contributed by atoms with Crippen molar-refractivity contribution in [3.8, 4) is 6.01 Å². The molecule has 1 aromatic heterocycles. The van der Waals surface area contributed by atoms with E-state index in [-0.39, 0.29) is 0 Å². The minimum absolute atomic E-state index is 0.319. The Morgan fingerprint density at radius 2 is 2.05 bits per heavy atom. The van der Waals surface area contributed by atoms with Gasteiger partial charge in [-0.3, -0.25) is 0 Å². The third-order valence-electron chi connectivity index (χ3n) is 3.75. The van der Waals surface area contributed by atoms with Crippen LogP contribution in [-0.4, -0.2) is 35.2 Å². The van der Waals surface area contributed by atoms with Crippen LogP contribution in [0.4, 0.5) is 17.6 Å². The molecule has 6 nitrogen and oxygen atoms in total. The largest absolute Gasteiger partial charge is 0.467 e. The van der Waals surface area contributed by atoms with Gasteiger partial charge >= 0.3 is 6.01 Å². The number of aryl methyl sites for hydroxylation is 1. The van der Waals surface area contributed by atoms with E-state index in [9.17, 15) is 0 Å². The molecule has 1 N–H and O–H groups in total. The van der Waals surface area contributed by atoms with Gasteiger partial charge in [-0.1, -0.05) is 18.2 Å². The van der Waals surface area contributed by atoms with Crippen molar-refractivity contribution in [2.45, 2.75) is 25.8 Å². The Morgan fingerprint density at radius 3 is 2.81 bits per heavy atom. The third kappa shape index (κ3) is 2.49. The van der Waals surface area contributed by atoms with Crippen molar-refractivity contribution in [1.29, 1.82) is 0 Å². The Kier molecular flexibility index (Phi) is 3.60. The number of hydrogen-bond donors (Lipinski definition) is 1. The summed E-state index contributed by atoms with van der Waals surface area (Å²) in [4.78, 5) is 15.2. The van der Waals surface area contributed by atoms with E-state index in [2.05, 4.69) is 50.3 Å². The summed E-state index contributed by atoms with van der Waals surface area (Å²) in [5, 5.41) is 2.95. The molecule has 1 unspecified atom stereocenters. The predicted molar refractivity (Wildman–Crippen MR) is 82.3 cm³/mol. The molecule has 0 saturated heterocycles. The number of ether oxygens (including phenoxy) is 1. The van der Waals surface area contributed by atoms with E-state index in [1.54, 1.807) is 14.2 Å². The van der Waals surface area contributed by atoms with Gasteiger partial charge in [0, 0.05) is 18.8 Å². The first kappa shape index (κ1) is 13.6. The molecule has 6 heteroatoms. The van der Waals surface area contributed by atoms with Crippen molar-refractivity contribution in [2.75, 3.05) is 24.4 Å². The minimum atomic E-state index is 0.319. The number of methoxy groups -OCH3 is 1. The fourth-order valence-electron chi connectivity index (χ4n) is 2.65. The molecule has 2 heterocycles. The van der Waals surface area contributed by atoms with E-state index >= 15 is 0 Å². The van der Waals surface area contributed by atoms with Crippen LogP contribution in [0.5, 0.6) is 6.01 Å². The Hall–Kier alpha value is -2.37. The number of nitrogens with zero attached hydrogens (tertiary/aromatic N) is 4. The molecule has 0 radical (unpaired) electrons. The van der Waals surface area contributed by atoms with Gasteiger partial charge in [0.25, 0.3) is 0 Å². The number of para-hydroxylation sites is 1. The summed E-state index contributed by atoms with van der Waals surface area (Å²) < 4.78 is 5.18. The first-order valence-electron chi connectivity index (χ1n) is 7.08. The minimum Gasteiger partial charge on any atom is -0.467 e. The van der Waals surface area contributed by atoms with Crippen LogP contribution in [0.1, 0.15) is 18.9 Å². The maximum atomic E-state index is 5.18. The highest BCUT2D eigenvalue weighted by atomic mass is 16.5. The molecule has 0 saturated carbocycles. The smallest absolute Gasteiger partial charge is 0.322 e. The van der Waals surface area contributed by atoms with Crippen LogP contribution < -0.4 is 15.0 Å². The van der Waals surface area contributed by atoms with Gasteiger partial charge in [-0.05, 0) is 31.4 Å². The monoisotopic (exact) mass is 285 g/mol. The lowest BCUT2D eigenvalue weighted by Gasteiger charge is -2.35. The third-order valence-corrected chi connectivity index (χ3v) is 3.75. The Labute approximate surface area is 124 Å². The van der Waals surface area contributed by atoms with E-state index in [0.717, 1.165) is 18.5 Å². The molecule has 0 amide bonds. The fraction of sp³-hybridized carbons (Fsp3) is 0.400. The highest BCUT2D eigenvalue weighted by molar-refractivity contribution is 5.65. The van der Waals surface area contributed by atoms with Crippen molar-refractivity contribution < 1.29 is 4.74 Å². The van der Waals surface area contributed by atoms with Crippen LogP contribution in [0.3, 0.4) is 0 Å². The van der Waals surface area contributed by atoms with Gasteiger partial charge in [0.2, 0.25) is 11.9 Å². The summed E-state index contributed by atoms with van der Waals surface area (Å²) in [6, 6.07) is 9.03. The summed E-state index contributed by atoms with van der Waals surface area (Å²) in [6.45, 7) is 2.19. The van der Waals surface area contributed by atoms with Crippen molar-refractivity contribution in [1.82, 2.24) is 15.0 Å². The van der Waals surface area contributed by atoms with Crippen LogP contribution in [-0.2, 0) is 6.42 Å². The van der Waals surface area contributed by atoms with Crippen LogP contribution in [0, 0.1) is 0 Å². The molecule has 0 aliphatic carbocycles. The zero-order chi connectivity index (χ0) is 14.8. The average Bonchev–Trinajstić information content (AvgIpc) is 2.54. The highest BCUT2D eigenvalue weighted by Gasteiger charge is 2.27. The van der Waals surface area contributed by atoms with E-state index in [1.165, 1.54) is 5.56 Å². The molecule has 2 aromatic rings. The van der Waals surface area contributed by atoms with Gasteiger partial charge in [0.1, 0.15) is 0 Å². The molecule has 1 aromatic carbocycles. The van der Waals surface area contributed by atoms with Crippen molar-refractivity contribution in [3.63, 3.8) is 0 Å². The molecule has 0 bridgehead atoms. The number of hydrogen-bond acceptors (Lipinski definition) is 6. The second-order valence-electron chi connectivity index (χ2n) is 5.08. The molecule has 1 aliphatic heterocycles. The fourth-order valence-corrected chi connectivity index (χ4v) is 2.65. The summed E-state index contributed by atoms with van der Waals surface area (Å²) in [7, 11) is 3.35. The molecule has 0 fully saturated rings. The van der Waals surface area contributed by atoms with Crippen molar-refractivity contribution >= 4 is 17.6 Å². The number of rotatable bonds is 3. The second-order valence-corrected chi connectivity index (χ2v) is 5.08. The topological polar surface area (TPSA) is 63.2 Å². The lowest BCUT2D eigenvalue weighted by Crippen LogP contribution is -2.34. The first-order chi connectivity index (χ1) is 10.2. The number of benzene rings is 1. The van der Waals surface area contributed by atoms with E-state index in [1.807, 2.05) is 6.07 Å². The maximum Gasteiger partial charge on any atom is 0.322 e. The van der Waals surface area contributed by atoms with Gasteiger partial charge in [0.05, 0.1) is 7.11 Å². The Balaban J connectivity index is 2.11. The quantitative estimate of drug-likeness (QED) is 0.934. The number of fused-ring (bicyclic) bond motifs is 1. The molecule has 3 rings (SSSR count). The van der Waals surface area contributed by atoms with Gasteiger partial charge in [-0.25, -0.2) is 0 Å². The molecule has 1 atom stereocenters. The first-order valence-corrected chi connectivity index (χ1v) is 7.08. The van der Waals surface area contributed by atoms with Crippen LogP contribution in [0.25, 0.3) is 0 Å². The standard InChI is InChI=1S/C15H19N5O/c1-10-8-9-11-6-4-5-7-12(11)20(10)14-17-13(16-2)18-15(19-14)21-3/h4-7,10H,8-9H2,1-3H3,(H,16,17,18,19). The summed E-state index contributed by atoms with van der Waals surface area (Å²) in [5.41, 5.74) is 2.48. The van der Waals surface area contributed by atoms with E-state index in [0.29, 0.717) is 23.9 Å². The average molecular weight is 285 g/mol. The zero-order valence-electron chi connectivity index (χ0n) is 12.5. The van der Waals surface area contributed by atoms with Crippen molar-refractivity contribution in [2.24, 2.45) is 0 Å². The highest BCUT2D eigenvalue weighted by Crippen LogP contribution is 2.35. The zero-order valence-corrected chi connectivity index (χ0v) is 12.5. The normalized spacial score (nSPS) is 17.3. The van der Waals surface area contributed by atoms with Crippen molar-refractivity contribution in [3.05, 3.63) is 29.8 Å². The number of aromatic nitrogens is 3. The van der Waals surface area contributed by atoms with Crippen LogP contribution in [0.15, 0.2) is 24.3 Å². The summed E-state index contributed by atoms with van der Waals surface area (Å²) >= 11 is 0. The van der Waals surface area contributed by atoms with E-state index < -0.39 is 0 Å². The molecular weight excluding hydrogens is 266 g/mol. The van der Waals surface area contributed by atoms with Gasteiger partial charge in [-0.15, -0.1) is 0 Å². The van der Waals surface area contributed by atoms with Crippen LogP contribution in [0.2, 0.25) is 0 Å². The maximum absolute atomic E-state index is 5.18. The summed E-state index contributed by atoms with van der Waals surface area (Å²) in [5.74, 6) is 1.12. The number of nitrogens with one attached hydrogen (secondary N) is 1. The summed E-state index contributed by atoms with van der Waals surface area (Å²) in [6.07, 6.45) is 2.15. The second kappa shape index (κ2) is 5.55. The van der Waals surface area contributed by atoms with Crippen LogP contribution >= 0.6 is 0 Å². The SMILES string of the molecule is CNc1nc(OC)nc(N2c3ccccc3CCC2C)n1. The molecule has 1 aliphatic rings. The predicted octanol–water partition coefficient (Wildman–Crippen LogP) is 2.39.